The third-order valence-electron chi connectivity index (χ3n) is 2.70. The molecule has 0 heterocycles. The SMILES string of the molecule is Cc1cc(C)c(S(=O)(=O)N[C@H](CN)C(=O)O)c(C)c1. The number of sulfonamides is 1. The smallest absolute Gasteiger partial charge is 0.323 e. The molecule has 0 bridgehead atoms. The van der Waals surface area contributed by atoms with Crippen LogP contribution < -0.4 is 10.5 Å². The predicted octanol–water partition coefficient (Wildman–Crippen LogP) is 0.302. The second kappa shape index (κ2) is 5.68. The molecule has 0 spiro atoms. The van der Waals surface area contributed by atoms with Gasteiger partial charge >= 0.3 is 5.97 Å². The predicted molar refractivity (Wildman–Crippen MR) is 71.5 cm³/mol. The molecular formula is C12H18N2O4S. The van der Waals surface area contributed by atoms with Crippen molar-refractivity contribution in [1.29, 1.82) is 0 Å². The number of aliphatic carboxylic acids is 1. The standard InChI is InChI=1S/C12H18N2O4S/c1-7-4-8(2)11(9(3)5-7)19(17,18)14-10(6-13)12(15)16/h4-5,10,14H,6,13H2,1-3H3,(H,15,16)/t10-/m1/s1. The summed E-state index contributed by atoms with van der Waals surface area (Å²) in [4.78, 5) is 11.0. The van der Waals surface area contributed by atoms with Crippen LogP contribution in [0.5, 0.6) is 0 Å². The van der Waals surface area contributed by atoms with Crippen molar-refractivity contribution in [2.24, 2.45) is 5.73 Å². The van der Waals surface area contributed by atoms with Crippen LogP contribution >= 0.6 is 0 Å². The van der Waals surface area contributed by atoms with E-state index in [1.807, 2.05) is 6.92 Å². The molecule has 1 rings (SSSR count). The fraction of sp³-hybridized carbons (Fsp3) is 0.417. The Kier molecular flexibility index (Phi) is 4.67. The summed E-state index contributed by atoms with van der Waals surface area (Å²) < 4.78 is 26.6. The largest absolute Gasteiger partial charge is 0.480 e. The molecule has 7 heteroatoms. The van der Waals surface area contributed by atoms with Gasteiger partial charge in [0.2, 0.25) is 10.0 Å². The Balaban J connectivity index is 3.25. The number of carboxylic acid groups (broad SMARTS) is 1. The van der Waals surface area contributed by atoms with Gasteiger partial charge in [-0.15, -0.1) is 0 Å². The molecule has 0 unspecified atom stereocenters. The van der Waals surface area contributed by atoms with Gasteiger partial charge in [0, 0.05) is 6.54 Å². The number of aryl methyl sites for hydroxylation is 3. The first kappa shape index (κ1) is 15.6. The van der Waals surface area contributed by atoms with Crippen LogP contribution in [0.4, 0.5) is 0 Å². The zero-order valence-electron chi connectivity index (χ0n) is 11.1. The van der Waals surface area contributed by atoms with Crippen molar-refractivity contribution >= 4 is 16.0 Å². The molecule has 1 aromatic rings. The first-order valence-electron chi connectivity index (χ1n) is 5.72. The summed E-state index contributed by atoms with van der Waals surface area (Å²) in [6, 6.07) is 2.14. The van der Waals surface area contributed by atoms with Gasteiger partial charge in [0.25, 0.3) is 0 Å². The number of nitrogens with two attached hydrogens (primary N) is 1. The minimum Gasteiger partial charge on any atom is -0.480 e. The van der Waals surface area contributed by atoms with Gasteiger partial charge in [-0.1, -0.05) is 17.7 Å². The normalized spacial score (nSPS) is 13.3. The van der Waals surface area contributed by atoms with E-state index in [0.717, 1.165) is 5.56 Å². The number of carboxylic acids is 1. The molecule has 106 valence electrons. The maximum absolute atomic E-state index is 12.2. The Morgan fingerprint density at radius 2 is 1.79 bits per heavy atom. The van der Waals surface area contributed by atoms with Crippen molar-refractivity contribution in [3.8, 4) is 0 Å². The van der Waals surface area contributed by atoms with E-state index in [1.165, 1.54) is 0 Å². The number of nitrogens with one attached hydrogen (secondary N) is 1. The van der Waals surface area contributed by atoms with Crippen LogP contribution in [0.3, 0.4) is 0 Å². The highest BCUT2D eigenvalue weighted by atomic mass is 32.2. The molecule has 0 aromatic heterocycles. The van der Waals surface area contributed by atoms with Gasteiger partial charge < -0.3 is 10.8 Å². The van der Waals surface area contributed by atoms with E-state index in [0.29, 0.717) is 11.1 Å². The van der Waals surface area contributed by atoms with Crippen LogP contribution in [-0.4, -0.2) is 32.1 Å². The topological polar surface area (TPSA) is 109 Å². The van der Waals surface area contributed by atoms with Gasteiger partial charge in [-0.3, -0.25) is 4.79 Å². The minimum atomic E-state index is -3.91. The molecule has 4 N–H and O–H groups in total. The molecule has 0 aliphatic carbocycles. The highest BCUT2D eigenvalue weighted by Crippen LogP contribution is 2.21. The summed E-state index contributed by atoms with van der Waals surface area (Å²) in [5.74, 6) is -1.30. The monoisotopic (exact) mass is 286 g/mol. The molecule has 0 radical (unpaired) electrons. The van der Waals surface area contributed by atoms with Gasteiger partial charge in [0.1, 0.15) is 6.04 Å². The Labute approximate surface area is 112 Å². The van der Waals surface area contributed by atoms with E-state index >= 15 is 0 Å². The molecule has 0 aliphatic rings. The molecule has 0 aliphatic heterocycles. The number of hydrogen-bond acceptors (Lipinski definition) is 4. The highest BCUT2D eigenvalue weighted by molar-refractivity contribution is 7.89. The average Bonchev–Trinajstić information content (AvgIpc) is 2.23. The molecule has 0 amide bonds. The molecule has 0 saturated heterocycles. The van der Waals surface area contributed by atoms with E-state index in [4.69, 9.17) is 10.8 Å². The lowest BCUT2D eigenvalue weighted by Gasteiger charge is -2.16. The van der Waals surface area contributed by atoms with Crippen molar-refractivity contribution in [3.05, 3.63) is 28.8 Å². The van der Waals surface area contributed by atoms with Crippen molar-refractivity contribution in [1.82, 2.24) is 4.72 Å². The van der Waals surface area contributed by atoms with Crippen LogP contribution in [0.15, 0.2) is 17.0 Å². The maximum atomic E-state index is 12.2. The minimum absolute atomic E-state index is 0.109. The second-order valence-electron chi connectivity index (χ2n) is 4.48. The first-order chi connectivity index (χ1) is 8.69. The summed E-state index contributed by atoms with van der Waals surface area (Å²) in [6.07, 6.45) is 0. The van der Waals surface area contributed by atoms with Crippen molar-refractivity contribution in [3.63, 3.8) is 0 Å². The summed E-state index contributed by atoms with van der Waals surface area (Å²) >= 11 is 0. The second-order valence-corrected chi connectivity index (χ2v) is 6.13. The van der Waals surface area contributed by atoms with E-state index in [-0.39, 0.29) is 11.4 Å². The quantitative estimate of drug-likeness (QED) is 0.721. The molecule has 0 saturated carbocycles. The number of hydrogen-bond donors (Lipinski definition) is 3. The zero-order chi connectivity index (χ0) is 14.8. The summed E-state index contributed by atoms with van der Waals surface area (Å²) in [5, 5.41) is 8.86. The third-order valence-corrected chi connectivity index (χ3v) is 4.48. The Morgan fingerprint density at radius 3 is 2.16 bits per heavy atom. The van der Waals surface area contributed by atoms with Crippen molar-refractivity contribution in [2.75, 3.05) is 6.54 Å². The van der Waals surface area contributed by atoms with Crippen LogP contribution in [0.2, 0.25) is 0 Å². The lowest BCUT2D eigenvalue weighted by molar-refractivity contribution is -0.138. The van der Waals surface area contributed by atoms with Gasteiger partial charge in [-0.2, -0.15) is 4.72 Å². The summed E-state index contributed by atoms with van der Waals surface area (Å²) in [6.45, 7) is 4.90. The van der Waals surface area contributed by atoms with Crippen molar-refractivity contribution < 1.29 is 18.3 Å². The van der Waals surface area contributed by atoms with Crippen LogP contribution in [0.1, 0.15) is 16.7 Å². The lowest BCUT2D eigenvalue weighted by Crippen LogP contribution is -2.45. The summed E-state index contributed by atoms with van der Waals surface area (Å²) in [7, 11) is -3.91. The van der Waals surface area contributed by atoms with Gasteiger partial charge in [-0.25, -0.2) is 8.42 Å². The van der Waals surface area contributed by atoms with Crippen molar-refractivity contribution in [2.45, 2.75) is 31.7 Å². The van der Waals surface area contributed by atoms with Crippen LogP contribution in [-0.2, 0) is 14.8 Å². The van der Waals surface area contributed by atoms with E-state index in [2.05, 4.69) is 4.72 Å². The molecular weight excluding hydrogens is 268 g/mol. The Bertz CT molecular complexity index is 573. The molecule has 0 fully saturated rings. The fourth-order valence-corrected chi connectivity index (χ4v) is 3.69. The number of carbonyl (C=O) groups is 1. The van der Waals surface area contributed by atoms with E-state index in [9.17, 15) is 13.2 Å². The maximum Gasteiger partial charge on any atom is 0.323 e. The molecule has 1 aromatic carbocycles. The number of benzene rings is 1. The Hall–Kier alpha value is -1.44. The highest BCUT2D eigenvalue weighted by Gasteiger charge is 2.26. The molecule has 6 nitrogen and oxygen atoms in total. The third kappa shape index (κ3) is 3.52. The van der Waals surface area contributed by atoms with E-state index < -0.39 is 22.0 Å². The zero-order valence-corrected chi connectivity index (χ0v) is 11.9. The first-order valence-corrected chi connectivity index (χ1v) is 7.20. The average molecular weight is 286 g/mol. The number of rotatable bonds is 5. The van der Waals surface area contributed by atoms with E-state index in [1.54, 1.807) is 26.0 Å². The molecule has 19 heavy (non-hydrogen) atoms. The Morgan fingerprint density at radius 1 is 1.32 bits per heavy atom. The van der Waals surface area contributed by atoms with Gasteiger partial charge in [-0.05, 0) is 31.9 Å². The summed E-state index contributed by atoms with van der Waals surface area (Å²) in [5.41, 5.74) is 7.35. The fourth-order valence-electron chi connectivity index (χ4n) is 2.04. The van der Waals surface area contributed by atoms with Crippen LogP contribution in [0, 0.1) is 20.8 Å². The van der Waals surface area contributed by atoms with Crippen LogP contribution in [0.25, 0.3) is 0 Å². The van der Waals surface area contributed by atoms with Gasteiger partial charge in [0.05, 0.1) is 4.90 Å². The lowest BCUT2D eigenvalue weighted by atomic mass is 10.1. The molecule has 1 atom stereocenters. The van der Waals surface area contributed by atoms with Gasteiger partial charge in [0.15, 0.2) is 0 Å².